The molecule has 0 spiro atoms. The van der Waals surface area contributed by atoms with E-state index in [9.17, 15) is 13.2 Å². The van der Waals surface area contributed by atoms with Crippen molar-refractivity contribution < 1.29 is 13.2 Å². The van der Waals surface area contributed by atoms with Gasteiger partial charge in [0.2, 0.25) is 5.91 Å². The molecule has 1 fully saturated rings. The van der Waals surface area contributed by atoms with Crippen LogP contribution in [0.3, 0.4) is 0 Å². The Morgan fingerprint density at radius 1 is 1.20 bits per heavy atom. The van der Waals surface area contributed by atoms with E-state index < -0.39 is 15.3 Å². The molecule has 1 saturated heterocycles. The lowest BCUT2D eigenvalue weighted by atomic mass is 9.77. The van der Waals surface area contributed by atoms with Crippen molar-refractivity contribution in [2.24, 2.45) is 11.1 Å². The molecule has 1 aliphatic rings. The quantitative estimate of drug-likeness (QED) is 0.742. The maximum atomic E-state index is 12.8. The van der Waals surface area contributed by atoms with Crippen LogP contribution in [-0.2, 0) is 14.6 Å². The summed E-state index contributed by atoms with van der Waals surface area (Å²) in [4.78, 5) is 14.7. The summed E-state index contributed by atoms with van der Waals surface area (Å²) in [5.74, 6) is -0.0296. The Balaban J connectivity index is 2.96. The Morgan fingerprint density at radius 2 is 1.65 bits per heavy atom. The number of thiocarbonyl (C=S) groups is 1. The van der Waals surface area contributed by atoms with Crippen LogP contribution in [0, 0.1) is 5.41 Å². The number of rotatable bonds is 6. The molecule has 1 aliphatic heterocycles. The summed E-state index contributed by atoms with van der Waals surface area (Å²) in [6.07, 6.45) is 2.88. The van der Waals surface area contributed by atoms with E-state index in [2.05, 4.69) is 0 Å². The van der Waals surface area contributed by atoms with Gasteiger partial charge in [-0.1, -0.05) is 38.9 Å². The zero-order valence-corrected chi connectivity index (χ0v) is 13.9. The molecule has 1 heterocycles. The molecule has 0 saturated carbocycles. The molecule has 7 heteroatoms. The number of carbonyl (C=O) groups is 1. The van der Waals surface area contributed by atoms with Crippen LogP contribution < -0.4 is 5.73 Å². The van der Waals surface area contributed by atoms with E-state index in [1.165, 1.54) is 0 Å². The second-order valence-corrected chi connectivity index (χ2v) is 8.13. The van der Waals surface area contributed by atoms with Crippen molar-refractivity contribution in [1.29, 1.82) is 0 Å². The molecule has 2 N–H and O–H groups in total. The van der Waals surface area contributed by atoms with Crippen molar-refractivity contribution in [2.45, 2.75) is 39.5 Å². The lowest BCUT2D eigenvalue weighted by Crippen LogP contribution is -2.54. The molecule has 20 heavy (non-hydrogen) atoms. The van der Waals surface area contributed by atoms with E-state index in [0.717, 1.165) is 12.8 Å². The van der Waals surface area contributed by atoms with Gasteiger partial charge in [-0.2, -0.15) is 0 Å². The minimum absolute atomic E-state index is 0.0321. The molecule has 116 valence electrons. The van der Waals surface area contributed by atoms with E-state index in [4.69, 9.17) is 18.0 Å². The molecule has 0 radical (unpaired) electrons. The van der Waals surface area contributed by atoms with Gasteiger partial charge in [0.25, 0.3) is 0 Å². The van der Waals surface area contributed by atoms with Crippen molar-refractivity contribution in [3.05, 3.63) is 0 Å². The molecule has 0 unspecified atom stereocenters. The SMILES string of the molecule is CCCC(CCC)(C(=O)N1CCS(=O)(=O)CC1)C(N)=S. The smallest absolute Gasteiger partial charge is 0.235 e. The number of nitrogens with two attached hydrogens (primary N) is 1. The third-order valence-electron chi connectivity index (χ3n) is 3.87. The topological polar surface area (TPSA) is 80.5 Å². The maximum absolute atomic E-state index is 12.8. The first-order chi connectivity index (χ1) is 9.29. The van der Waals surface area contributed by atoms with Crippen LogP contribution in [0.5, 0.6) is 0 Å². The highest BCUT2D eigenvalue weighted by molar-refractivity contribution is 7.91. The number of hydrogen-bond donors (Lipinski definition) is 1. The Hall–Kier alpha value is -0.690. The summed E-state index contributed by atoms with van der Waals surface area (Å²) in [5.41, 5.74) is 5.06. The molecule has 5 nitrogen and oxygen atoms in total. The summed E-state index contributed by atoms with van der Waals surface area (Å²) in [6, 6.07) is 0. The Kier molecular flexibility index (Phi) is 5.94. The molecular formula is C13H24N2O3S2. The zero-order chi connectivity index (χ0) is 15.4. The van der Waals surface area contributed by atoms with Gasteiger partial charge >= 0.3 is 0 Å². The van der Waals surface area contributed by atoms with Gasteiger partial charge in [0.05, 0.1) is 21.9 Å². The van der Waals surface area contributed by atoms with Crippen LogP contribution >= 0.6 is 12.2 Å². The molecule has 0 bridgehead atoms. The third kappa shape index (κ3) is 3.69. The number of carbonyl (C=O) groups excluding carboxylic acids is 1. The number of nitrogens with zero attached hydrogens (tertiary/aromatic N) is 1. The third-order valence-corrected chi connectivity index (χ3v) is 5.87. The van der Waals surface area contributed by atoms with Crippen LogP contribution in [0.1, 0.15) is 39.5 Å². The molecule has 0 aromatic carbocycles. The second-order valence-electron chi connectivity index (χ2n) is 5.39. The van der Waals surface area contributed by atoms with Gasteiger partial charge in [-0.25, -0.2) is 8.42 Å². The molecule has 1 rings (SSSR count). The van der Waals surface area contributed by atoms with E-state index >= 15 is 0 Å². The average Bonchev–Trinajstić information content (AvgIpc) is 2.37. The molecule has 0 aromatic heterocycles. The predicted molar refractivity (Wildman–Crippen MR) is 84.3 cm³/mol. The molecule has 0 aliphatic carbocycles. The second kappa shape index (κ2) is 6.85. The standard InChI is InChI=1S/C13H24N2O3S2/c1-3-5-13(6-4-2,11(14)19)12(16)15-7-9-20(17,18)10-8-15/h3-10H2,1-2H3,(H2,14,19). The normalized spacial score (nSPS) is 18.8. The fourth-order valence-corrected chi connectivity index (χ4v) is 4.26. The minimum Gasteiger partial charge on any atom is -0.392 e. The summed E-state index contributed by atoms with van der Waals surface area (Å²) in [6.45, 7) is 4.49. The van der Waals surface area contributed by atoms with Gasteiger partial charge in [-0.3, -0.25) is 4.79 Å². The van der Waals surface area contributed by atoms with Crippen LogP contribution in [-0.4, -0.2) is 48.8 Å². The van der Waals surface area contributed by atoms with E-state index in [1.807, 2.05) is 13.8 Å². The van der Waals surface area contributed by atoms with Crippen molar-refractivity contribution in [2.75, 3.05) is 24.6 Å². The number of amides is 1. The highest BCUT2D eigenvalue weighted by atomic mass is 32.2. The van der Waals surface area contributed by atoms with E-state index in [-0.39, 0.29) is 35.5 Å². The number of sulfone groups is 1. The van der Waals surface area contributed by atoms with Gasteiger partial charge in [-0.15, -0.1) is 0 Å². The summed E-state index contributed by atoms with van der Waals surface area (Å²) >= 11 is 5.16. The first-order valence-electron chi connectivity index (χ1n) is 7.08. The Bertz CT molecular complexity index is 454. The summed E-state index contributed by atoms with van der Waals surface area (Å²) in [7, 11) is -3.00. The fraction of sp³-hybridized carbons (Fsp3) is 0.846. The highest BCUT2D eigenvalue weighted by Crippen LogP contribution is 2.33. The van der Waals surface area contributed by atoms with Crippen LogP contribution in [0.15, 0.2) is 0 Å². The first-order valence-corrected chi connectivity index (χ1v) is 9.31. The maximum Gasteiger partial charge on any atom is 0.235 e. The van der Waals surface area contributed by atoms with E-state index in [1.54, 1.807) is 4.90 Å². The van der Waals surface area contributed by atoms with Crippen molar-refractivity contribution in [1.82, 2.24) is 4.90 Å². The largest absolute Gasteiger partial charge is 0.392 e. The van der Waals surface area contributed by atoms with Gasteiger partial charge in [-0.05, 0) is 12.8 Å². The van der Waals surface area contributed by atoms with E-state index in [0.29, 0.717) is 12.8 Å². The zero-order valence-electron chi connectivity index (χ0n) is 12.2. The van der Waals surface area contributed by atoms with Crippen LogP contribution in [0.4, 0.5) is 0 Å². The monoisotopic (exact) mass is 320 g/mol. The lowest BCUT2D eigenvalue weighted by Gasteiger charge is -2.38. The molecule has 0 aromatic rings. The van der Waals surface area contributed by atoms with Gasteiger partial charge in [0.1, 0.15) is 0 Å². The summed E-state index contributed by atoms with van der Waals surface area (Å²) in [5, 5.41) is 0. The van der Waals surface area contributed by atoms with Crippen molar-refractivity contribution in [3.8, 4) is 0 Å². The van der Waals surface area contributed by atoms with Crippen molar-refractivity contribution in [3.63, 3.8) is 0 Å². The van der Waals surface area contributed by atoms with Crippen LogP contribution in [0.25, 0.3) is 0 Å². The van der Waals surface area contributed by atoms with Gasteiger partial charge < -0.3 is 10.6 Å². The number of hydrogen-bond acceptors (Lipinski definition) is 4. The van der Waals surface area contributed by atoms with Gasteiger partial charge in [0, 0.05) is 13.1 Å². The Morgan fingerprint density at radius 3 is 2.00 bits per heavy atom. The van der Waals surface area contributed by atoms with Crippen molar-refractivity contribution >= 4 is 33.0 Å². The first kappa shape index (κ1) is 17.4. The molecular weight excluding hydrogens is 296 g/mol. The van der Waals surface area contributed by atoms with Crippen LogP contribution in [0.2, 0.25) is 0 Å². The van der Waals surface area contributed by atoms with Gasteiger partial charge in [0.15, 0.2) is 9.84 Å². The molecule has 0 atom stereocenters. The minimum atomic E-state index is -3.00. The summed E-state index contributed by atoms with van der Waals surface area (Å²) < 4.78 is 22.9. The average molecular weight is 320 g/mol. The Labute approximate surface area is 126 Å². The lowest BCUT2D eigenvalue weighted by molar-refractivity contribution is -0.138. The molecule has 1 amide bonds. The highest BCUT2D eigenvalue weighted by Gasteiger charge is 2.43. The fourth-order valence-electron chi connectivity index (χ4n) is 2.76. The predicted octanol–water partition coefficient (Wildman–Crippen LogP) is 1.12.